The van der Waals surface area contributed by atoms with Crippen LogP contribution in [-0.2, 0) is 29.6 Å². The van der Waals surface area contributed by atoms with Crippen LogP contribution < -0.4 is 5.32 Å². The molecule has 0 aliphatic heterocycles. The molecule has 6 nitrogen and oxygen atoms in total. The molecule has 1 N–H and O–H groups in total. The Morgan fingerprint density at radius 3 is 1.89 bits per heavy atom. The number of hydrogen-bond donors (Lipinski definition) is 1. The number of rotatable bonds is 6. The Kier molecular flexibility index (Phi) is 7.98. The van der Waals surface area contributed by atoms with Gasteiger partial charge in [-0.3, -0.25) is 14.3 Å². The first-order chi connectivity index (χ1) is 15.8. The number of anilines is 1. The van der Waals surface area contributed by atoms with Gasteiger partial charge < -0.3 is 10.2 Å². The van der Waals surface area contributed by atoms with Crippen molar-refractivity contribution in [2.75, 3.05) is 18.4 Å². The summed E-state index contributed by atoms with van der Waals surface area (Å²) < 4.78 is 80.8. The first-order valence-corrected chi connectivity index (χ1v) is 10.7. The van der Waals surface area contributed by atoms with Crippen molar-refractivity contribution in [1.29, 1.82) is 0 Å². The maximum atomic E-state index is 13.2. The molecule has 1 aromatic heterocycles. The maximum absolute atomic E-state index is 13.2. The summed E-state index contributed by atoms with van der Waals surface area (Å²) >= 11 is 0. The monoisotopic (exact) mass is 506 g/mol. The van der Waals surface area contributed by atoms with E-state index in [9.17, 15) is 35.9 Å². The van der Waals surface area contributed by atoms with Crippen LogP contribution >= 0.6 is 0 Å². The molecule has 0 fully saturated rings. The van der Waals surface area contributed by atoms with Crippen LogP contribution in [0.5, 0.6) is 0 Å². The van der Waals surface area contributed by atoms with E-state index >= 15 is 0 Å². The molecule has 194 valence electrons. The predicted molar refractivity (Wildman–Crippen MR) is 118 cm³/mol. The summed E-state index contributed by atoms with van der Waals surface area (Å²) in [5, 5.41) is 6.91. The molecule has 0 atom stereocenters. The normalized spacial score (nSPS) is 12.7. The van der Waals surface area contributed by atoms with E-state index in [0.29, 0.717) is 23.6 Å². The minimum Gasteiger partial charge on any atom is -0.329 e. The smallest absolute Gasteiger partial charge is 0.329 e. The topological polar surface area (TPSA) is 67.2 Å². The van der Waals surface area contributed by atoms with Crippen molar-refractivity contribution in [2.24, 2.45) is 13.0 Å². The van der Waals surface area contributed by atoms with Crippen LogP contribution in [0.3, 0.4) is 0 Å². The molecule has 0 aliphatic carbocycles. The number of aromatic nitrogens is 2. The second-order valence-corrected chi connectivity index (χ2v) is 9.71. The number of nitrogens with one attached hydrogen (secondary N) is 1. The Balaban J connectivity index is 2.37. The number of hydrogen-bond acceptors (Lipinski definition) is 3. The predicted octanol–water partition coefficient (Wildman–Crippen LogP) is 5.49. The number of benzene rings is 1. The van der Waals surface area contributed by atoms with Crippen molar-refractivity contribution in [3.63, 3.8) is 0 Å². The zero-order chi connectivity index (χ0) is 26.9. The third-order valence-corrected chi connectivity index (χ3v) is 4.96. The van der Waals surface area contributed by atoms with Gasteiger partial charge in [-0.15, -0.1) is 0 Å². The van der Waals surface area contributed by atoms with Crippen molar-refractivity contribution in [1.82, 2.24) is 14.7 Å². The minimum atomic E-state index is -5.10. The molecule has 2 rings (SSSR count). The van der Waals surface area contributed by atoms with Gasteiger partial charge in [0.15, 0.2) is 0 Å². The largest absolute Gasteiger partial charge is 0.416 e. The van der Waals surface area contributed by atoms with E-state index in [4.69, 9.17) is 0 Å². The molecule has 1 aromatic carbocycles. The Morgan fingerprint density at radius 1 is 0.971 bits per heavy atom. The fourth-order valence-electron chi connectivity index (χ4n) is 3.23. The molecule has 35 heavy (non-hydrogen) atoms. The van der Waals surface area contributed by atoms with Gasteiger partial charge in [-0.05, 0) is 24.1 Å². The van der Waals surface area contributed by atoms with Crippen molar-refractivity contribution in [3.05, 3.63) is 46.6 Å². The fourth-order valence-corrected chi connectivity index (χ4v) is 3.23. The van der Waals surface area contributed by atoms with Crippen LogP contribution in [0.1, 0.15) is 61.8 Å². The molecule has 0 spiro atoms. The lowest BCUT2D eigenvalue weighted by molar-refractivity contribution is -0.143. The maximum Gasteiger partial charge on any atom is 0.416 e. The summed E-state index contributed by atoms with van der Waals surface area (Å²) in [5.74, 6) is -1.68. The van der Waals surface area contributed by atoms with Crippen LogP contribution in [0.4, 0.5) is 32.2 Å². The van der Waals surface area contributed by atoms with Gasteiger partial charge in [0, 0.05) is 30.6 Å². The molecule has 2 aromatic rings. The van der Waals surface area contributed by atoms with Crippen LogP contribution in [0.25, 0.3) is 0 Å². The second-order valence-electron chi connectivity index (χ2n) is 9.71. The van der Waals surface area contributed by atoms with E-state index in [0.717, 1.165) is 4.90 Å². The molecule has 2 amide bonds. The number of nitrogens with zero attached hydrogens (tertiary/aromatic N) is 3. The van der Waals surface area contributed by atoms with Gasteiger partial charge in [0.05, 0.1) is 16.8 Å². The number of halogens is 6. The Labute approximate surface area is 199 Å². The van der Waals surface area contributed by atoms with E-state index in [1.807, 2.05) is 20.8 Å². The summed E-state index contributed by atoms with van der Waals surface area (Å²) in [6.45, 7) is 8.52. The van der Waals surface area contributed by atoms with Gasteiger partial charge in [-0.1, -0.05) is 34.6 Å². The van der Waals surface area contributed by atoms with E-state index in [1.165, 1.54) is 4.68 Å². The quantitative estimate of drug-likeness (QED) is 0.527. The van der Waals surface area contributed by atoms with Gasteiger partial charge in [-0.2, -0.15) is 31.4 Å². The third-order valence-electron chi connectivity index (χ3n) is 4.96. The number of amides is 2. The van der Waals surface area contributed by atoms with Gasteiger partial charge in [0.25, 0.3) is 5.91 Å². The summed E-state index contributed by atoms with van der Waals surface area (Å²) in [6, 6.07) is 2.32. The van der Waals surface area contributed by atoms with E-state index in [2.05, 4.69) is 10.4 Å². The highest BCUT2D eigenvalue weighted by Crippen LogP contribution is 2.36. The molecule has 0 saturated heterocycles. The molecular formula is C23H28F6N4O2. The Hall–Kier alpha value is -3.05. The Morgan fingerprint density at radius 2 is 1.49 bits per heavy atom. The average Bonchev–Trinajstić information content (AvgIpc) is 3.05. The summed E-state index contributed by atoms with van der Waals surface area (Å²) in [7, 11) is 1.60. The second kappa shape index (κ2) is 9.90. The van der Waals surface area contributed by atoms with E-state index in [1.54, 1.807) is 27.0 Å². The highest BCUT2D eigenvalue weighted by atomic mass is 19.4. The molecule has 0 unspecified atom stereocenters. The van der Waals surface area contributed by atoms with E-state index < -0.39 is 47.4 Å². The highest BCUT2D eigenvalue weighted by Gasteiger charge is 2.38. The molecule has 0 aliphatic rings. The molecule has 0 bridgehead atoms. The first-order valence-electron chi connectivity index (χ1n) is 10.7. The SMILES string of the molecule is CC(C)CN(CC(=O)Nc1cc(C(C)(C)C)nn1C)C(=O)c1cc(C(F)(F)F)cc(C(F)(F)F)c1. The number of aryl methyl sites for hydroxylation is 1. The van der Waals surface area contributed by atoms with Crippen molar-refractivity contribution >= 4 is 17.6 Å². The fraction of sp³-hybridized carbons (Fsp3) is 0.522. The standard InChI is InChI=1S/C23H28F6N4O2/c1-13(2)11-33(12-19(34)30-18-10-17(21(3,4)5)31-32(18)6)20(35)14-7-15(22(24,25)26)9-16(8-14)23(27,28)29/h7-10,13H,11-12H2,1-6H3,(H,30,34). The lowest BCUT2D eigenvalue weighted by Crippen LogP contribution is -2.40. The zero-order valence-electron chi connectivity index (χ0n) is 20.2. The van der Waals surface area contributed by atoms with Crippen LogP contribution in [0.2, 0.25) is 0 Å². The molecule has 0 saturated carbocycles. The summed E-state index contributed by atoms with van der Waals surface area (Å²) in [6.07, 6.45) is -10.2. The first kappa shape index (κ1) is 28.2. The Bertz CT molecular complexity index is 1050. The van der Waals surface area contributed by atoms with Crippen molar-refractivity contribution in [3.8, 4) is 0 Å². The van der Waals surface area contributed by atoms with Gasteiger partial charge in [-0.25, -0.2) is 0 Å². The lowest BCUT2D eigenvalue weighted by atomic mass is 9.92. The van der Waals surface area contributed by atoms with E-state index in [-0.39, 0.29) is 23.9 Å². The molecule has 12 heteroatoms. The third kappa shape index (κ3) is 7.46. The summed E-state index contributed by atoms with van der Waals surface area (Å²) in [5.41, 5.74) is -3.63. The summed E-state index contributed by atoms with van der Waals surface area (Å²) in [4.78, 5) is 26.6. The van der Waals surface area contributed by atoms with Gasteiger partial charge >= 0.3 is 12.4 Å². The van der Waals surface area contributed by atoms with Crippen molar-refractivity contribution < 1.29 is 35.9 Å². The van der Waals surface area contributed by atoms with Crippen LogP contribution in [-0.4, -0.2) is 39.6 Å². The number of alkyl halides is 6. The molecule has 0 radical (unpaired) electrons. The zero-order valence-corrected chi connectivity index (χ0v) is 20.2. The van der Waals surface area contributed by atoms with Gasteiger partial charge in [0.1, 0.15) is 12.4 Å². The minimum absolute atomic E-state index is 0.0501. The van der Waals surface area contributed by atoms with Crippen LogP contribution in [0, 0.1) is 5.92 Å². The van der Waals surface area contributed by atoms with Crippen LogP contribution in [0.15, 0.2) is 24.3 Å². The average molecular weight is 506 g/mol. The van der Waals surface area contributed by atoms with Crippen molar-refractivity contribution in [2.45, 2.75) is 52.4 Å². The lowest BCUT2D eigenvalue weighted by Gasteiger charge is -2.25. The number of carbonyl (C=O) groups excluding carboxylic acids is 2. The molecular weight excluding hydrogens is 478 g/mol. The molecule has 1 heterocycles. The van der Waals surface area contributed by atoms with Gasteiger partial charge in [0.2, 0.25) is 5.91 Å². The highest BCUT2D eigenvalue weighted by molar-refractivity contribution is 5.99. The number of carbonyl (C=O) groups is 2.